The van der Waals surface area contributed by atoms with E-state index in [4.69, 9.17) is 0 Å². The van der Waals surface area contributed by atoms with Gasteiger partial charge in [-0.3, -0.25) is 0 Å². The van der Waals surface area contributed by atoms with E-state index < -0.39 is 19.8 Å². The number of rotatable bonds is 3. The molecule has 0 N–H and O–H groups in total. The zero-order valence-corrected chi connectivity index (χ0v) is 16.3. The average molecular weight is 392 g/mol. The number of aryl methyl sites for hydroxylation is 3. The molecule has 0 fully saturated rings. The molecule has 0 aliphatic rings. The molecule has 108 valence electrons. The third-order valence-electron chi connectivity index (χ3n) is 3.92. The quantitative estimate of drug-likeness (QED) is 0.601. The van der Waals surface area contributed by atoms with Gasteiger partial charge in [0.25, 0.3) is 0 Å². The summed E-state index contributed by atoms with van der Waals surface area (Å²) < 4.78 is 4.66. The molecule has 0 saturated carbocycles. The van der Waals surface area contributed by atoms with Gasteiger partial charge in [-0.1, -0.05) is 0 Å². The van der Waals surface area contributed by atoms with Gasteiger partial charge in [0.05, 0.1) is 0 Å². The van der Waals surface area contributed by atoms with Crippen molar-refractivity contribution in [3.8, 4) is 0 Å². The van der Waals surface area contributed by atoms with Gasteiger partial charge in [0.2, 0.25) is 0 Å². The molecule has 0 aliphatic carbocycles. The molecule has 0 aromatic heterocycles. The molecule has 3 aromatic rings. The third kappa shape index (κ3) is 3.44. The van der Waals surface area contributed by atoms with Crippen LogP contribution in [0.3, 0.4) is 0 Å². The van der Waals surface area contributed by atoms with E-state index in [1.807, 2.05) is 0 Å². The summed E-state index contributed by atoms with van der Waals surface area (Å²) in [6.07, 6.45) is 0. The van der Waals surface area contributed by atoms with E-state index in [1.165, 1.54) is 16.7 Å². The molecule has 0 amide bonds. The Balaban J connectivity index is 2.18. The molecule has 0 bridgehead atoms. The Labute approximate surface area is 140 Å². The van der Waals surface area contributed by atoms with E-state index in [-0.39, 0.29) is 0 Å². The zero-order valence-electron chi connectivity index (χ0n) is 13.4. The second-order valence-electron chi connectivity index (χ2n) is 5.98. The van der Waals surface area contributed by atoms with Gasteiger partial charge < -0.3 is 0 Å². The van der Waals surface area contributed by atoms with E-state index in [0.29, 0.717) is 0 Å². The second-order valence-corrected chi connectivity index (χ2v) is 13.1. The van der Waals surface area contributed by atoms with Crippen molar-refractivity contribution in [3.63, 3.8) is 0 Å². The van der Waals surface area contributed by atoms with Crippen LogP contribution >= 0.6 is 0 Å². The van der Waals surface area contributed by atoms with Crippen LogP contribution in [0.15, 0.2) is 72.8 Å². The van der Waals surface area contributed by atoms with Crippen molar-refractivity contribution in [2.75, 3.05) is 0 Å². The predicted octanol–water partition coefficient (Wildman–Crippen LogP) is 3.13. The molecule has 0 spiro atoms. The molecule has 0 nitrogen and oxygen atoms in total. The van der Waals surface area contributed by atoms with Gasteiger partial charge in [-0.2, -0.15) is 0 Å². The summed E-state index contributed by atoms with van der Waals surface area (Å²) in [5.41, 5.74) is 4.07. The van der Waals surface area contributed by atoms with Crippen LogP contribution in [-0.2, 0) is 0 Å². The van der Waals surface area contributed by atoms with E-state index in [0.717, 1.165) is 0 Å². The number of benzene rings is 3. The molecule has 3 rings (SSSR count). The van der Waals surface area contributed by atoms with Crippen molar-refractivity contribution in [3.05, 3.63) is 89.5 Å². The summed E-state index contributed by atoms with van der Waals surface area (Å²) in [4.78, 5) is 0. The van der Waals surface area contributed by atoms with E-state index in [9.17, 15) is 0 Å². The Morgan fingerprint density at radius 3 is 1.09 bits per heavy atom. The summed E-state index contributed by atoms with van der Waals surface area (Å²) in [7, 11) is 0. The first-order chi connectivity index (χ1) is 10.6. The Morgan fingerprint density at radius 2 is 0.818 bits per heavy atom. The van der Waals surface area contributed by atoms with Crippen molar-refractivity contribution >= 4 is 30.5 Å². The molecular weight excluding hydrogens is 371 g/mol. The maximum atomic E-state index is 2.39. The Bertz CT molecular complexity index is 681. The summed E-state index contributed by atoms with van der Waals surface area (Å²) >= 11 is -2.09. The number of hydrogen-bond donors (Lipinski definition) is 0. The molecule has 22 heavy (non-hydrogen) atoms. The summed E-state index contributed by atoms with van der Waals surface area (Å²) in [5.74, 6) is 0. The molecule has 0 heterocycles. The molecule has 3 aromatic carbocycles. The van der Waals surface area contributed by atoms with E-state index in [1.54, 1.807) is 10.7 Å². The fraction of sp³-hybridized carbons (Fsp3) is 0.143. The standard InChI is InChI=1S/3C7H7.Sn/c3*1-7-5-3-2-4-6-7;/h3*2-3,5-6H,1H3;/q;;;+1. The monoisotopic (exact) mass is 393 g/mol. The molecule has 1 heteroatoms. The summed E-state index contributed by atoms with van der Waals surface area (Å²) in [6.45, 7) is 6.57. The normalized spacial score (nSPS) is 10.5. The van der Waals surface area contributed by atoms with Gasteiger partial charge in [0.1, 0.15) is 0 Å². The maximum absolute atomic E-state index is 2.39. The first-order valence-electron chi connectivity index (χ1n) is 7.71. The third-order valence-corrected chi connectivity index (χ3v) is 11.5. The number of hydrogen-bond acceptors (Lipinski definition) is 0. The molecular formula is C21H21Sn+. The fourth-order valence-corrected chi connectivity index (χ4v) is 11.2. The summed E-state index contributed by atoms with van der Waals surface area (Å²) in [6, 6.07) is 27.3. The Morgan fingerprint density at radius 1 is 0.500 bits per heavy atom. The van der Waals surface area contributed by atoms with Gasteiger partial charge in [0, 0.05) is 0 Å². The predicted molar refractivity (Wildman–Crippen MR) is 98.2 cm³/mol. The van der Waals surface area contributed by atoms with E-state index in [2.05, 4.69) is 93.6 Å². The first kappa shape index (κ1) is 15.4. The van der Waals surface area contributed by atoms with Crippen molar-refractivity contribution < 1.29 is 0 Å². The Hall–Kier alpha value is -1.54. The minimum atomic E-state index is -2.09. The summed E-state index contributed by atoms with van der Waals surface area (Å²) in [5, 5.41) is 0. The molecule has 0 saturated heterocycles. The van der Waals surface area contributed by atoms with Gasteiger partial charge in [-0.25, -0.2) is 0 Å². The van der Waals surface area contributed by atoms with E-state index >= 15 is 0 Å². The minimum absolute atomic E-state index is 1.36. The molecule has 0 unspecified atom stereocenters. The van der Waals surface area contributed by atoms with Crippen LogP contribution < -0.4 is 10.7 Å². The van der Waals surface area contributed by atoms with Gasteiger partial charge in [-0.05, 0) is 0 Å². The topological polar surface area (TPSA) is 0 Å². The van der Waals surface area contributed by atoms with Crippen molar-refractivity contribution in [1.29, 1.82) is 0 Å². The van der Waals surface area contributed by atoms with Crippen LogP contribution in [0.1, 0.15) is 16.7 Å². The van der Waals surface area contributed by atoms with Crippen LogP contribution in [0.25, 0.3) is 0 Å². The molecule has 0 atom stereocenters. The first-order valence-corrected chi connectivity index (χ1v) is 12.0. The van der Waals surface area contributed by atoms with Crippen molar-refractivity contribution in [1.82, 2.24) is 0 Å². The van der Waals surface area contributed by atoms with Gasteiger partial charge in [0.15, 0.2) is 0 Å². The van der Waals surface area contributed by atoms with Gasteiger partial charge in [-0.15, -0.1) is 0 Å². The molecule has 0 radical (unpaired) electrons. The van der Waals surface area contributed by atoms with Crippen LogP contribution in [0.2, 0.25) is 0 Å². The van der Waals surface area contributed by atoms with Gasteiger partial charge >= 0.3 is 141 Å². The molecule has 0 aliphatic heterocycles. The average Bonchev–Trinajstić information content (AvgIpc) is 2.48. The zero-order chi connectivity index (χ0) is 15.5. The fourth-order valence-electron chi connectivity index (χ4n) is 2.90. The van der Waals surface area contributed by atoms with Crippen molar-refractivity contribution in [2.45, 2.75) is 20.8 Å². The second kappa shape index (κ2) is 6.70. The van der Waals surface area contributed by atoms with Crippen molar-refractivity contribution in [2.24, 2.45) is 0 Å². The Kier molecular flexibility index (Phi) is 4.68. The van der Waals surface area contributed by atoms with Crippen LogP contribution in [0.5, 0.6) is 0 Å². The van der Waals surface area contributed by atoms with Crippen LogP contribution in [-0.4, -0.2) is 19.8 Å². The van der Waals surface area contributed by atoms with Crippen LogP contribution in [0.4, 0.5) is 0 Å². The SMILES string of the molecule is Cc1ccc[c]([Sn+]([c]2cccc(C)c2)[c]2cccc(C)c2)c1. The van der Waals surface area contributed by atoms with Crippen LogP contribution in [0, 0.1) is 20.8 Å².